The molecule has 0 saturated heterocycles. The van der Waals surface area contributed by atoms with Gasteiger partial charge in [0.05, 0.1) is 13.2 Å². The number of nitrogens with zero attached hydrogens (tertiary/aromatic N) is 1. The van der Waals surface area contributed by atoms with Crippen LogP contribution >= 0.6 is 15.9 Å². The van der Waals surface area contributed by atoms with Crippen molar-refractivity contribution in [2.24, 2.45) is 0 Å². The molecule has 2 rings (SSSR count). The zero-order valence-electron chi connectivity index (χ0n) is 12.7. The van der Waals surface area contributed by atoms with Crippen LogP contribution in [0.3, 0.4) is 0 Å². The van der Waals surface area contributed by atoms with Gasteiger partial charge in [-0.2, -0.15) is 0 Å². The molecule has 0 aliphatic carbocycles. The van der Waals surface area contributed by atoms with E-state index in [4.69, 9.17) is 4.74 Å². The average Bonchev–Trinajstić information content (AvgIpc) is 2.47. The normalized spacial score (nSPS) is 12.2. The molecule has 0 amide bonds. The van der Waals surface area contributed by atoms with E-state index in [1.165, 1.54) is 11.1 Å². The van der Waals surface area contributed by atoms with Crippen LogP contribution in [0.1, 0.15) is 36.2 Å². The maximum Gasteiger partial charge on any atom is 0.142 e. The summed E-state index contributed by atoms with van der Waals surface area (Å²) < 4.78 is 6.55. The molecule has 1 N–H and O–H groups in total. The molecule has 0 aliphatic rings. The molecule has 1 heterocycles. The first-order chi connectivity index (χ1) is 10.2. The molecular formula is C17H21BrN2O. The topological polar surface area (TPSA) is 34.2 Å². The number of benzene rings is 1. The largest absolute Gasteiger partial charge is 0.495 e. The Balaban J connectivity index is 2.46. The molecule has 2 aromatic rings. The van der Waals surface area contributed by atoms with Crippen LogP contribution in [0.2, 0.25) is 0 Å². The van der Waals surface area contributed by atoms with E-state index in [1.54, 1.807) is 7.11 Å². The summed E-state index contributed by atoms with van der Waals surface area (Å²) in [7, 11) is 1.68. The smallest absolute Gasteiger partial charge is 0.142 e. The van der Waals surface area contributed by atoms with Gasteiger partial charge in [-0.05, 0) is 55.3 Å². The molecule has 1 unspecified atom stereocenters. The summed E-state index contributed by atoms with van der Waals surface area (Å²) in [5.41, 5.74) is 3.33. The first kappa shape index (κ1) is 16.0. The van der Waals surface area contributed by atoms with Crippen molar-refractivity contribution < 1.29 is 4.74 Å². The third-order valence-corrected chi connectivity index (χ3v) is 3.75. The Hall–Kier alpha value is -1.39. The van der Waals surface area contributed by atoms with Crippen LogP contribution in [0.5, 0.6) is 5.75 Å². The van der Waals surface area contributed by atoms with Crippen LogP contribution in [0.4, 0.5) is 0 Å². The summed E-state index contributed by atoms with van der Waals surface area (Å²) in [4.78, 5) is 4.54. The third-order valence-electron chi connectivity index (χ3n) is 3.29. The van der Waals surface area contributed by atoms with Crippen LogP contribution in [-0.2, 0) is 0 Å². The summed E-state index contributed by atoms with van der Waals surface area (Å²) in [6.07, 6.45) is 2.88. The predicted molar refractivity (Wildman–Crippen MR) is 89.8 cm³/mol. The maximum absolute atomic E-state index is 5.47. The third kappa shape index (κ3) is 4.05. The zero-order chi connectivity index (χ0) is 15.2. The molecule has 1 aromatic carbocycles. The number of pyridine rings is 1. The van der Waals surface area contributed by atoms with E-state index in [9.17, 15) is 0 Å². The van der Waals surface area contributed by atoms with Crippen molar-refractivity contribution in [1.82, 2.24) is 10.3 Å². The Morgan fingerprint density at radius 3 is 2.81 bits per heavy atom. The summed E-state index contributed by atoms with van der Waals surface area (Å²) in [5, 5.41) is 3.57. The Morgan fingerprint density at radius 2 is 2.14 bits per heavy atom. The number of hydrogen-bond donors (Lipinski definition) is 1. The van der Waals surface area contributed by atoms with E-state index in [0.717, 1.165) is 28.9 Å². The molecule has 0 radical (unpaired) electrons. The van der Waals surface area contributed by atoms with Crippen molar-refractivity contribution in [3.05, 3.63) is 57.8 Å². The molecular weight excluding hydrogens is 328 g/mol. The minimum Gasteiger partial charge on any atom is -0.495 e. The predicted octanol–water partition coefficient (Wildman–Crippen LogP) is 4.25. The van der Waals surface area contributed by atoms with Crippen LogP contribution < -0.4 is 10.1 Å². The van der Waals surface area contributed by atoms with Gasteiger partial charge in [-0.15, -0.1) is 0 Å². The number of methoxy groups -OCH3 is 1. The number of rotatable bonds is 6. The highest BCUT2D eigenvalue weighted by Gasteiger charge is 2.19. The van der Waals surface area contributed by atoms with Gasteiger partial charge in [0.1, 0.15) is 11.4 Å². The zero-order valence-corrected chi connectivity index (χ0v) is 14.3. The lowest BCUT2D eigenvalue weighted by molar-refractivity contribution is 0.399. The summed E-state index contributed by atoms with van der Waals surface area (Å²) in [5.74, 6) is 0.809. The van der Waals surface area contributed by atoms with Gasteiger partial charge >= 0.3 is 0 Å². The van der Waals surface area contributed by atoms with Gasteiger partial charge < -0.3 is 10.1 Å². The second-order valence-electron chi connectivity index (χ2n) is 5.04. The second kappa shape index (κ2) is 7.57. The lowest BCUT2D eigenvalue weighted by Gasteiger charge is -2.21. The van der Waals surface area contributed by atoms with E-state index in [-0.39, 0.29) is 6.04 Å². The summed E-state index contributed by atoms with van der Waals surface area (Å²) in [6, 6.07) is 10.3. The van der Waals surface area contributed by atoms with Crippen LogP contribution in [-0.4, -0.2) is 18.6 Å². The highest BCUT2D eigenvalue weighted by Crippen LogP contribution is 2.30. The van der Waals surface area contributed by atoms with E-state index >= 15 is 0 Å². The number of aryl methyl sites for hydroxylation is 1. The molecule has 3 nitrogen and oxygen atoms in total. The molecule has 0 saturated carbocycles. The highest BCUT2D eigenvalue weighted by atomic mass is 79.9. The quantitative estimate of drug-likeness (QED) is 0.847. The van der Waals surface area contributed by atoms with Gasteiger partial charge in [-0.25, -0.2) is 0 Å². The Morgan fingerprint density at radius 1 is 1.33 bits per heavy atom. The van der Waals surface area contributed by atoms with Gasteiger partial charge in [0.25, 0.3) is 0 Å². The van der Waals surface area contributed by atoms with Gasteiger partial charge in [-0.1, -0.05) is 28.9 Å². The van der Waals surface area contributed by atoms with Gasteiger partial charge in [0.2, 0.25) is 0 Å². The molecule has 0 bridgehead atoms. The molecule has 4 heteroatoms. The standard InChI is InChI=1S/C17H21BrN2O/c1-4-7-19-16(13-9-12(2)10-14(18)11-13)17-15(21-3)6-5-8-20-17/h5-6,8-11,16,19H,4,7H2,1-3H3. The molecule has 0 aliphatic heterocycles. The molecule has 0 fully saturated rings. The Labute approximate surface area is 134 Å². The fraction of sp³-hybridized carbons (Fsp3) is 0.353. The number of aromatic nitrogens is 1. The number of nitrogens with one attached hydrogen (secondary N) is 1. The fourth-order valence-electron chi connectivity index (χ4n) is 2.38. The molecule has 1 atom stereocenters. The highest BCUT2D eigenvalue weighted by molar-refractivity contribution is 9.10. The van der Waals surface area contributed by atoms with Crippen molar-refractivity contribution in [1.29, 1.82) is 0 Å². The van der Waals surface area contributed by atoms with Crippen molar-refractivity contribution in [3.8, 4) is 5.75 Å². The first-order valence-electron chi connectivity index (χ1n) is 7.15. The molecule has 1 aromatic heterocycles. The van der Waals surface area contributed by atoms with Crippen LogP contribution in [0.25, 0.3) is 0 Å². The monoisotopic (exact) mass is 348 g/mol. The van der Waals surface area contributed by atoms with Gasteiger partial charge in [-0.3, -0.25) is 4.98 Å². The molecule has 112 valence electrons. The van der Waals surface area contributed by atoms with E-state index in [0.29, 0.717) is 0 Å². The maximum atomic E-state index is 5.47. The lowest BCUT2D eigenvalue weighted by atomic mass is 10.0. The van der Waals surface area contributed by atoms with E-state index < -0.39 is 0 Å². The van der Waals surface area contributed by atoms with Gasteiger partial charge in [0, 0.05) is 10.7 Å². The summed E-state index contributed by atoms with van der Waals surface area (Å²) in [6.45, 7) is 5.18. The SMILES string of the molecule is CCCNC(c1cc(C)cc(Br)c1)c1ncccc1OC. The molecule has 21 heavy (non-hydrogen) atoms. The van der Waals surface area contributed by atoms with Gasteiger partial charge in [0.15, 0.2) is 0 Å². The van der Waals surface area contributed by atoms with Crippen LogP contribution in [0.15, 0.2) is 41.0 Å². The fourth-order valence-corrected chi connectivity index (χ4v) is 3.01. The van der Waals surface area contributed by atoms with Crippen molar-refractivity contribution in [2.75, 3.05) is 13.7 Å². The average molecular weight is 349 g/mol. The molecule has 0 spiro atoms. The summed E-state index contributed by atoms with van der Waals surface area (Å²) >= 11 is 3.58. The second-order valence-corrected chi connectivity index (χ2v) is 5.96. The number of halogens is 1. The van der Waals surface area contributed by atoms with E-state index in [1.807, 2.05) is 18.3 Å². The minimum absolute atomic E-state index is 0.0253. The van der Waals surface area contributed by atoms with Crippen molar-refractivity contribution >= 4 is 15.9 Å². The Bertz CT molecular complexity index is 581. The minimum atomic E-state index is 0.0253. The van der Waals surface area contributed by atoms with Crippen molar-refractivity contribution in [2.45, 2.75) is 26.3 Å². The van der Waals surface area contributed by atoms with E-state index in [2.05, 4.69) is 58.3 Å². The Kier molecular flexibility index (Phi) is 5.76. The van der Waals surface area contributed by atoms with Crippen LogP contribution in [0, 0.1) is 6.92 Å². The number of ether oxygens (including phenoxy) is 1. The number of hydrogen-bond acceptors (Lipinski definition) is 3. The van der Waals surface area contributed by atoms with Crippen molar-refractivity contribution in [3.63, 3.8) is 0 Å². The lowest BCUT2D eigenvalue weighted by Crippen LogP contribution is -2.24. The first-order valence-corrected chi connectivity index (χ1v) is 7.94.